The van der Waals surface area contributed by atoms with Crippen LogP contribution in [-0.2, 0) is 10.0 Å². The van der Waals surface area contributed by atoms with Crippen molar-refractivity contribution in [1.82, 2.24) is 0 Å². The second-order valence-corrected chi connectivity index (χ2v) is 7.49. The number of benzene rings is 1. The Bertz CT molecular complexity index is 649. The van der Waals surface area contributed by atoms with Crippen molar-refractivity contribution in [3.05, 3.63) is 23.8 Å². The molecule has 1 fully saturated rings. The highest BCUT2D eigenvalue weighted by atomic mass is 32.2. The Morgan fingerprint density at radius 3 is 2.52 bits per heavy atom. The molecule has 116 valence electrons. The summed E-state index contributed by atoms with van der Waals surface area (Å²) in [4.78, 5) is 11.1. The van der Waals surface area contributed by atoms with Crippen molar-refractivity contribution in [2.45, 2.75) is 37.5 Å². The van der Waals surface area contributed by atoms with Gasteiger partial charge in [0.15, 0.2) is 0 Å². The molecule has 21 heavy (non-hydrogen) atoms. The number of hydrogen-bond donors (Lipinski definition) is 3. The van der Waals surface area contributed by atoms with Crippen LogP contribution in [0.3, 0.4) is 0 Å². The van der Waals surface area contributed by atoms with Crippen molar-refractivity contribution in [2.75, 3.05) is 11.9 Å². The molecule has 1 aliphatic rings. The maximum absolute atomic E-state index is 11.3. The van der Waals surface area contributed by atoms with Crippen LogP contribution >= 0.6 is 0 Å². The molecule has 0 radical (unpaired) electrons. The first-order valence-electron chi connectivity index (χ1n) is 6.85. The maximum Gasteiger partial charge on any atom is 0.337 e. The van der Waals surface area contributed by atoms with Crippen LogP contribution in [0, 0.1) is 5.41 Å². The predicted octanol–water partition coefficient (Wildman–Crippen LogP) is 2.02. The second kappa shape index (κ2) is 5.65. The minimum atomic E-state index is -3.91. The molecule has 0 saturated heterocycles. The lowest BCUT2D eigenvalue weighted by Crippen LogP contribution is -2.24. The van der Waals surface area contributed by atoms with Crippen molar-refractivity contribution < 1.29 is 18.3 Å². The van der Waals surface area contributed by atoms with Gasteiger partial charge in [-0.1, -0.05) is 19.8 Å². The van der Waals surface area contributed by atoms with E-state index in [9.17, 15) is 18.3 Å². The smallest absolute Gasteiger partial charge is 0.337 e. The Morgan fingerprint density at radius 1 is 1.38 bits per heavy atom. The number of sulfonamides is 1. The Labute approximate surface area is 124 Å². The van der Waals surface area contributed by atoms with Gasteiger partial charge in [-0.05, 0) is 36.5 Å². The summed E-state index contributed by atoms with van der Waals surface area (Å²) >= 11 is 0. The average Bonchev–Trinajstić information content (AvgIpc) is 2.82. The maximum atomic E-state index is 11.3. The first-order valence-corrected chi connectivity index (χ1v) is 8.40. The Kier molecular flexibility index (Phi) is 4.25. The number of carboxylic acids is 1. The van der Waals surface area contributed by atoms with Gasteiger partial charge in [0, 0.05) is 12.2 Å². The first-order chi connectivity index (χ1) is 9.71. The number of carbonyl (C=O) groups is 1. The van der Waals surface area contributed by atoms with Crippen LogP contribution in [0.15, 0.2) is 23.1 Å². The third-order valence-corrected chi connectivity index (χ3v) is 4.98. The van der Waals surface area contributed by atoms with Gasteiger partial charge < -0.3 is 10.4 Å². The molecule has 2 rings (SSSR count). The van der Waals surface area contributed by atoms with Gasteiger partial charge in [0.05, 0.1) is 10.5 Å². The summed E-state index contributed by atoms with van der Waals surface area (Å²) in [7, 11) is -3.91. The van der Waals surface area contributed by atoms with Gasteiger partial charge in [-0.25, -0.2) is 18.4 Å². The van der Waals surface area contributed by atoms with Gasteiger partial charge >= 0.3 is 5.97 Å². The van der Waals surface area contributed by atoms with Gasteiger partial charge in [0.25, 0.3) is 0 Å². The van der Waals surface area contributed by atoms with E-state index >= 15 is 0 Å². The van der Waals surface area contributed by atoms with Gasteiger partial charge in [-0.3, -0.25) is 0 Å². The molecule has 6 nitrogen and oxygen atoms in total. The minimum Gasteiger partial charge on any atom is -0.478 e. The number of anilines is 1. The van der Waals surface area contributed by atoms with Crippen LogP contribution in [0.2, 0.25) is 0 Å². The van der Waals surface area contributed by atoms with Crippen molar-refractivity contribution in [3.8, 4) is 0 Å². The molecule has 1 aliphatic carbocycles. The fourth-order valence-corrected chi connectivity index (χ4v) is 3.29. The molecule has 0 unspecified atom stereocenters. The molecule has 0 spiro atoms. The summed E-state index contributed by atoms with van der Waals surface area (Å²) in [6.07, 6.45) is 4.60. The van der Waals surface area contributed by atoms with Crippen LogP contribution in [0.1, 0.15) is 43.0 Å². The Morgan fingerprint density at radius 2 is 2.00 bits per heavy atom. The fraction of sp³-hybridized carbons (Fsp3) is 0.500. The monoisotopic (exact) mass is 312 g/mol. The number of nitrogens with one attached hydrogen (secondary N) is 1. The minimum absolute atomic E-state index is 0.0804. The largest absolute Gasteiger partial charge is 0.478 e. The third-order valence-electron chi connectivity index (χ3n) is 4.07. The van der Waals surface area contributed by atoms with E-state index in [1.54, 1.807) is 0 Å². The average molecular weight is 312 g/mol. The van der Waals surface area contributed by atoms with E-state index < -0.39 is 16.0 Å². The van der Waals surface area contributed by atoms with Gasteiger partial charge in [0.1, 0.15) is 0 Å². The highest BCUT2D eigenvalue weighted by Crippen LogP contribution is 2.37. The van der Waals surface area contributed by atoms with E-state index in [1.807, 2.05) is 0 Å². The molecular weight excluding hydrogens is 292 g/mol. The molecule has 0 heterocycles. The fourth-order valence-electron chi connectivity index (χ4n) is 2.75. The standard InChI is InChI=1S/C14H20N2O4S/c1-14(6-2-3-7-14)9-16-12-5-4-10(21(15,19)20)8-11(12)13(17)18/h4-5,8,16H,2-3,6-7,9H2,1H3,(H,17,18)(H2,15,19,20). The molecule has 0 bridgehead atoms. The molecule has 0 amide bonds. The van der Waals surface area contributed by atoms with E-state index in [1.165, 1.54) is 25.0 Å². The van der Waals surface area contributed by atoms with Gasteiger partial charge in [0.2, 0.25) is 10.0 Å². The molecule has 1 saturated carbocycles. The number of aromatic carboxylic acids is 1. The van der Waals surface area contributed by atoms with E-state index in [0.29, 0.717) is 12.2 Å². The number of nitrogens with two attached hydrogens (primary N) is 1. The Hall–Kier alpha value is -1.60. The number of carboxylic acid groups (broad SMARTS) is 1. The van der Waals surface area contributed by atoms with Crippen LogP contribution in [0.4, 0.5) is 5.69 Å². The molecule has 4 N–H and O–H groups in total. The lowest BCUT2D eigenvalue weighted by Gasteiger charge is -2.25. The molecule has 7 heteroatoms. The molecule has 1 aromatic carbocycles. The normalized spacial score (nSPS) is 17.6. The SMILES string of the molecule is CC1(CNc2ccc(S(N)(=O)=O)cc2C(=O)O)CCCC1. The summed E-state index contributed by atoms with van der Waals surface area (Å²) < 4.78 is 22.6. The van der Waals surface area contributed by atoms with Crippen molar-refractivity contribution in [2.24, 2.45) is 10.6 Å². The molecule has 0 atom stereocenters. The highest BCUT2D eigenvalue weighted by molar-refractivity contribution is 7.89. The number of hydrogen-bond acceptors (Lipinski definition) is 4. The highest BCUT2D eigenvalue weighted by Gasteiger charge is 2.28. The van der Waals surface area contributed by atoms with Crippen molar-refractivity contribution in [3.63, 3.8) is 0 Å². The van der Waals surface area contributed by atoms with Crippen molar-refractivity contribution in [1.29, 1.82) is 0 Å². The quantitative estimate of drug-likeness (QED) is 0.770. The van der Waals surface area contributed by atoms with E-state index in [-0.39, 0.29) is 15.9 Å². The Balaban J connectivity index is 2.25. The third kappa shape index (κ3) is 3.74. The molecular formula is C14H20N2O4S. The van der Waals surface area contributed by atoms with E-state index in [2.05, 4.69) is 12.2 Å². The summed E-state index contributed by atoms with van der Waals surface area (Å²) in [6.45, 7) is 2.84. The lowest BCUT2D eigenvalue weighted by atomic mass is 9.89. The van der Waals surface area contributed by atoms with Gasteiger partial charge in [-0.2, -0.15) is 0 Å². The van der Waals surface area contributed by atoms with Crippen LogP contribution in [-0.4, -0.2) is 26.0 Å². The van der Waals surface area contributed by atoms with Crippen LogP contribution in [0.5, 0.6) is 0 Å². The van der Waals surface area contributed by atoms with Crippen molar-refractivity contribution >= 4 is 21.7 Å². The predicted molar refractivity (Wildman–Crippen MR) is 79.8 cm³/mol. The zero-order valence-corrected chi connectivity index (χ0v) is 12.7. The summed E-state index contributed by atoms with van der Waals surface area (Å²) in [5, 5.41) is 17.4. The van der Waals surface area contributed by atoms with E-state index in [4.69, 9.17) is 5.14 Å². The van der Waals surface area contributed by atoms with E-state index in [0.717, 1.165) is 18.9 Å². The molecule has 1 aromatic rings. The molecule has 0 aliphatic heterocycles. The zero-order valence-electron chi connectivity index (χ0n) is 11.9. The topological polar surface area (TPSA) is 109 Å². The van der Waals surface area contributed by atoms with Crippen LogP contribution in [0.25, 0.3) is 0 Å². The number of primary sulfonamides is 1. The summed E-state index contributed by atoms with van der Waals surface area (Å²) in [6, 6.07) is 3.87. The first kappa shape index (κ1) is 15.8. The lowest BCUT2D eigenvalue weighted by molar-refractivity contribution is 0.0697. The van der Waals surface area contributed by atoms with Crippen LogP contribution < -0.4 is 10.5 Å². The number of rotatable bonds is 5. The van der Waals surface area contributed by atoms with Gasteiger partial charge in [-0.15, -0.1) is 0 Å². The summed E-state index contributed by atoms with van der Waals surface area (Å²) in [5.74, 6) is -1.18. The second-order valence-electron chi connectivity index (χ2n) is 5.93. The zero-order chi connectivity index (χ0) is 15.7. The summed E-state index contributed by atoms with van der Waals surface area (Å²) in [5.41, 5.74) is 0.500. The molecule has 0 aromatic heterocycles.